The van der Waals surface area contributed by atoms with Crippen molar-refractivity contribution in [2.45, 2.75) is 26.7 Å². The number of anilines is 1. The first-order valence-electron chi connectivity index (χ1n) is 8.86. The Morgan fingerprint density at radius 2 is 1.81 bits per heavy atom. The van der Waals surface area contributed by atoms with E-state index in [2.05, 4.69) is 5.32 Å². The van der Waals surface area contributed by atoms with Gasteiger partial charge in [0, 0.05) is 32.7 Å². The van der Waals surface area contributed by atoms with Gasteiger partial charge in [0.05, 0.1) is 6.54 Å². The van der Waals surface area contributed by atoms with Gasteiger partial charge in [0.2, 0.25) is 17.7 Å². The molecule has 0 aliphatic carbocycles. The monoisotopic (exact) mass is 374 g/mol. The minimum atomic E-state index is -0.339. The molecule has 8 nitrogen and oxygen atoms in total. The second-order valence-corrected chi connectivity index (χ2v) is 6.85. The average Bonchev–Trinajstić information content (AvgIpc) is 2.84. The van der Waals surface area contributed by atoms with Crippen molar-refractivity contribution in [2.75, 3.05) is 39.0 Å². The molecule has 0 aromatic heterocycles. The number of nitrogens with one attached hydrogen (secondary N) is 1. The normalized spacial score (nSPS) is 13.9. The van der Waals surface area contributed by atoms with Crippen molar-refractivity contribution in [3.8, 4) is 0 Å². The van der Waals surface area contributed by atoms with Crippen LogP contribution in [0.4, 0.5) is 10.5 Å². The van der Waals surface area contributed by atoms with Crippen LogP contribution in [0.2, 0.25) is 0 Å². The lowest BCUT2D eigenvalue weighted by atomic mass is 10.1. The van der Waals surface area contributed by atoms with Crippen LogP contribution < -0.4 is 5.32 Å². The summed E-state index contributed by atoms with van der Waals surface area (Å²) in [5.41, 5.74) is 2.68. The zero-order valence-electron chi connectivity index (χ0n) is 16.2. The molecule has 1 saturated heterocycles. The second-order valence-electron chi connectivity index (χ2n) is 6.85. The van der Waals surface area contributed by atoms with E-state index in [1.807, 2.05) is 32.0 Å². The van der Waals surface area contributed by atoms with Gasteiger partial charge in [-0.05, 0) is 31.4 Å². The third kappa shape index (κ3) is 5.06. The number of hydrogen-bond donors (Lipinski definition) is 1. The summed E-state index contributed by atoms with van der Waals surface area (Å²) in [6.07, 6.45) is 0.529. The first-order valence-corrected chi connectivity index (χ1v) is 8.86. The van der Waals surface area contributed by atoms with E-state index in [1.54, 1.807) is 14.1 Å². The predicted octanol–water partition coefficient (Wildman–Crippen LogP) is 1.37. The molecule has 1 aliphatic heterocycles. The number of para-hydroxylation sites is 1. The van der Waals surface area contributed by atoms with Crippen LogP contribution >= 0.6 is 0 Å². The van der Waals surface area contributed by atoms with E-state index in [0.717, 1.165) is 21.7 Å². The Balaban J connectivity index is 1.79. The summed E-state index contributed by atoms with van der Waals surface area (Å²) in [5, 5.41) is 2.85. The molecule has 0 atom stereocenters. The molecule has 1 aromatic carbocycles. The minimum absolute atomic E-state index is 0.0586. The van der Waals surface area contributed by atoms with E-state index in [9.17, 15) is 19.2 Å². The SMILES string of the molecule is Cc1cccc(C)c1NC(=O)CN(C)C(=O)CCCN1C(=O)CN(C)C1=O. The molecule has 1 N–H and O–H groups in total. The fourth-order valence-electron chi connectivity index (χ4n) is 2.96. The van der Waals surface area contributed by atoms with Crippen molar-refractivity contribution < 1.29 is 19.2 Å². The van der Waals surface area contributed by atoms with Gasteiger partial charge in [0.25, 0.3) is 0 Å². The van der Waals surface area contributed by atoms with Crippen molar-refractivity contribution in [2.24, 2.45) is 0 Å². The molecular formula is C19H26N4O4. The highest BCUT2D eigenvalue weighted by Gasteiger charge is 2.32. The average molecular weight is 374 g/mol. The largest absolute Gasteiger partial charge is 0.336 e. The first kappa shape index (κ1) is 20.4. The molecule has 1 fully saturated rings. The number of nitrogens with zero attached hydrogens (tertiary/aromatic N) is 3. The molecular weight excluding hydrogens is 348 g/mol. The molecule has 2 rings (SSSR count). The zero-order chi connectivity index (χ0) is 20.1. The van der Waals surface area contributed by atoms with Gasteiger partial charge in [-0.25, -0.2) is 4.79 Å². The van der Waals surface area contributed by atoms with Crippen molar-refractivity contribution >= 4 is 29.4 Å². The van der Waals surface area contributed by atoms with Gasteiger partial charge in [0.15, 0.2) is 0 Å². The fourth-order valence-corrected chi connectivity index (χ4v) is 2.96. The molecule has 1 aliphatic rings. The van der Waals surface area contributed by atoms with Gasteiger partial charge in [-0.1, -0.05) is 18.2 Å². The summed E-state index contributed by atoms with van der Waals surface area (Å²) >= 11 is 0. The standard InChI is InChI=1S/C19H26N4O4/c1-13-7-5-8-14(2)18(13)20-15(24)11-21(3)16(25)9-6-10-23-17(26)12-22(4)19(23)27/h5,7-8H,6,9-12H2,1-4H3,(H,20,24). The maximum Gasteiger partial charge on any atom is 0.326 e. The van der Waals surface area contributed by atoms with Gasteiger partial charge >= 0.3 is 6.03 Å². The van der Waals surface area contributed by atoms with E-state index in [4.69, 9.17) is 0 Å². The summed E-state index contributed by atoms with van der Waals surface area (Å²) in [6, 6.07) is 5.41. The Hall–Kier alpha value is -2.90. The number of hydrogen-bond acceptors (Lipinski definition) is 4. The van der Waals surface area contributed by atoms with Crippen LogP contribution in [0.25, 0.3) is 0 Å². The molecule has 0 radical (unpaired) electrons. The van der Waals surface area contributed by atoms with E-state index < -0.39 is 0 Å². The van der Waals surface area contributed by atoms with Gasteiger partial charge < -0.3 is 15.1 Å². The number of carbonyl (C=O) groups is 4. The van der Waals surface area contributed by atoms with Gasteiger partial charge in [-0.2, -0.15) is 0 Å². The Morgan fingerprint density at radius 3 is 2.37 bits per heavy atom. The first-order chi connectivity index (χ1) is 12.7. The van der Waals surface area contributed by atoms with Crippen molar-refractivity contribution in [1.29, 1.82) is 0 Å². The highest BCUT2D eigenvalue weighted by molar-refractivity contribution is 6.01. The van der Waals surface area contributed by atoms with Crippen LogP contribution in [0, 0.1) is 13.8 Å². The Morgan fingerprint density at radius 1 is 1.19 bits per heavy atom. The fraction of sp³-hybridized carbons (Fsp3) is 0.474. The van der Waals surface area contributed by atoms with Gasteiger partial charge in [-0.3, -0.25) is 19.3 Å². The summed E-state index contributed by atoms with van der Waals surface area (Å²) in [7, 11) is 3.13. The minimum Gasteiger partial charge on any atom is -0.336 e. The van der Waals surface area contributed by atoms with Gasteiger partial charge in [0.1, 0.15) is 6.54 Å². The number of amides is 5. The van der Waals surface area contributed by atoms with Crippen LogP contribution in [0.3, 0.4) is 0 Å². The smallest absolute Gasteiger partial charge is 0.326 e. The number of rotatable bonds is 7. The van der Waals surface area contributed by atoms with Crippen molar-refractivity contribution in [3.05, 3.63) is 29.3 Å². The van der Waals surface area contributed by atoms with E-state index in [1.165, 1.54) is 9.80 Å². The quantitative estimate of drug-likeness (QED) is 0.730. The Kier molecular flexibility index (Phi) is 6.55. The van der Waals surface area contributed by atoms with Crippen LogP contribution in [-0.4, -0.2) is 72.2 Å². The number of urea groups is 1. The summed E-state index contributed by atoms with van der Waals surface area (Å²) in [5.74, 6) is -0.731. The predicted molar refractivity (Wildman–Crippen MR) is 101 cm³/mol. The maximum absolute atomic E-state index is 12.2. The summed E-state index contributed by atoms with van der Waals surface area (Å²) < 4.78 is 0. The highest BCUT2D eigenvalue weighted by atomic mass is 16.2. The highest BCUT2D eigenvalue weighted by Crippen LogP contribution is 2.19. The maximum atomic E-state index is 12.2. The number of benzene rings is 1. The molecule has 0 unspecified atom stereocenters. The summed E-state index contributed by atoms with van der Waals surface area (Å²) in [6.45, 7) is 4.05. The van der Waals surface area contributed by atoms with Crippen LogP contribution in [0.15, 0.2) is 18.2 Å². The van der Waals surface area contributed by atoms with Crippen molar-refractivity contribution in [1.82, 2.24) is 14.7 Å². The van der Waals surface area contributed by atoms with Crippen molar-refractivity contribution in [3.63, 3.8) is 0 Å². The van der Waals surface area contributed by atoms with Crippen LogP contribution in [0.5, 0.6) is 0 Å². The molecule has 0 bridgehead atoms. The Bertz CT molecular complexity index is 742. The lowest BCUT2D eigenvalue weighted by Crippen LogP contribution is -2.36. The molecule has 0 spiro atoms. The van der Waals surface area contributed by atoms with Crippen LogP contribution in [-0.2, 0) is 14.4 Å². The molecule has 1 aromatic rings. The van der Waals surface area contributed by atoms with Gasteiger partial charge in [-0.15, -0.1) is 0 Å². The topological polar surface area (TPSA) is 90.0 Å². The van der Waals surface area contributed by atoms with E-state index in [0.29, 0.717) is 6.42 Å². The zero-order valence-corrected chi connectivity index (χ0v) is 16.2. The van der Waals surface area contributed by atoms with E-state index >= 15 is 0 Å². The number of carbonyl (C=O) groups excluding carboxylic acids is 4. The van der Waals surface area contributed by atoms with Crippen LogP contribution in [0.1, 0.15) is 24.0 Å². The lowest BCUT2D eigenvalue weighted by Gasteiger charge is -2.19. The number of imide groups is 1. The third-order valence-electron chi connectivity index (χ3n) is 4.56. The summed E-state index contributed by atoms with van der Waals surface area (Å²) in [4.78, 5) is 51.8. The second kappa shape index (κ2) is 8.66. The molecule has 8 heteroatoms. The molecule has 146 valence electrons. The molecule has 0 saturated carbocycles. The Labute approximate surface area is 159 Å². The lowest BCUT2D eigenvalue weighted by molar-refractivity contribution is -0.133. The molecule has 27 heavy (non-hydrogen) atoms. The number of aryl methyl sites for hydroxylation is 2. The van der Waals surface area contributed by atoms with E-state index in [-0.39, 0.29) is 49.8 Å². The third-order valence-corrected chi connectivity index (χ3v) is 4.56. The number of likely N-dealkylation sites (N-methyl/N-ethyl adjacent to an activating group) is 2. The molecule has 5 amide bonds. The molecule has 1 heterocycles.